The van der Waals surface area contributed by atoms with Crippen LogP contribution < -0.4 is 11.1 Å². The standard InChI is InChI=1S/C13H13N5O5S2/c1-4-2-6(12(21)22)18-10(20)8(11(18)25-4)16-9(19)7(17-23)5-3-24-13(14)15-5/h2-4,8,11,23H,1H3,(H2,14,15)(H,16,19)(H,21,22)/t4?,8?,11-/m1/s1. The van der Waals surface area contributed by atoms with Crippen LogP contribution in [0.2, 0.25) is 0 Å². The average Bonchev–Trinajstić information content (AvgIpc) is 2.98. The fourth-order valence-electron chi connectivity index (χ4n) is 2.55. The molecule has 1 aromatic rings. The Bertz CT molecular complexity index is 819. The third kappa shape index (κ3) is 2.93. The van der Waals surface area contributed by atoms with Crippen LogP contribution in [0.25, 0.3) is 0 Å². The lowest BCUT2D eigenvalue weighted by molar-refractivity contribution is -0.150. The van der Waals surface area contributed by atoms with Crippen molar-refractivity contribution in [3.8, 4) is 0 Å². The minimum atomic E-state index is -1.20. The van der Waals surface area contributed by atoms with Crippen molar-refractivity contribution in [2.24, 2.45) is 5.16 Å². The Balaban J connectivity index is 1.76. The Morgan fingerprint density at radius 1 is 1.48 bits per heavy atom. The van der Waals surface area contributed by atoms with Crippen molar-refractivity contribution in [2.45, 2.75) is 23.6 Å². The third-order valence-electron chi connectivity index (χ3n) is 3.63. The van der Waals surface area contributed by atoms with Gasteiger partial charge in [-0.15, -0.1) is 23.1 Å². The van der Waals surface area contributed by atoms with Gasteiger partial charge < -0.3 is 21.4 Å². The van der Waals surface area contributed by atoms with Gasteiger partial charge >= 0.3 is 5.97 Å². The zero-order valence-corrected chi connectivity index (χ0v) is 14.4. The molecule has 0 spiro atoms. The summed E-state index contributed by atoms with van der Waals surface area (Å²) in [6.07, 6.45) is 1.48. The molecule has 0 aromatic carbocycles. The number of aliphatic carboxylic acids is 1. The molecule has 2 unspecified atom stereocenters. The lowest BCUT2D eigenvalue weighted by atomic mass is 10.0. The summed E-state index contributed by atoms with van der Waals surface area (Å²) in [5.74, 6) is -2.54. The molecule has 0 saturated carbocycles. The van der Waals surface area contributed by atoms with Crippen molar-refractivity contribution in [1.82, 2.24) is 15.2 Å². The number of β-lactam (4-membered cyclic amide) rings is 1. The number of carbonyl (C=O) groups excluding carboxylic acids is 2. The van der Waals surface area contributed by atoms with Crippen LogP contribution in [0.15, 0.2) is 22.3 Å². The van der Waals surface area contributed by atoms with E-state index in [0.29, 0.717) is 0 Å². The van der Waals surface area contributed by atoms with Gasteiger partial charge in [-0.1, -0.05) is 5.16 Å². The van der Waals surface area contributed by atoms with Crippen LogP contribution in [0.5, 0.6) is 0 Å². The smallest absolute Gasteiger partial charge is 0.352 e. The van der Waals surface area contributed by atoms with E-state index in [9.17, 15) is 19.5 Å². The minimum Gasteiger partial charge on any atom is -0.477 e. The van der Waals surface area contributed by atoms with Gasteiger partial charge in [0.25, 0.3) is 11.8 Å². The molecule has 3 atom stereocenters. The van der Waals surface area contributed by atoms with E-state index >= 15 is 0 Å². The normalized spacial score (nSPS) is 25.7. The van der Waals surface area contributed by atoms with Crippen molar-refractivity contribution in [3.05, 3.63) is 22.8 Å². The molecular formula is C13H13N5O5S2. The highest BCUT2D eigenvalue weighted by molar-refractivity contribution is 8.00. The first-order chi connectivity index (χ1) is 11.8. The van der Waals surface area contributed by atoms with E-state index in [1.54, 1.807) is 6.92 Å². The summed E-state index contributed by atoms with van der Waals surface area (Å²) in [5, 5.41) is 24.7. The maximum absolute atomic E-state index is 12.3. The van der Waals surface area contributed by atoms with Crippen LogP contribution in [0.3, 0.4) is 0 Å². The zero-order valence-electron chi connectivity index (χ0n) is 12.7. The number of hydrogen-bond donors (Lipinski definition) is 4. The SMILES string of the molecule is CC1C=C(C(=O)O)N2C(=O)C(NC(=O)C(=NO)c3csc(N)n3)[C@H]2S1. The molecule has 3 heterocycles. The first-order valence-electron chi connectivity index (χ1n) is 7.01. The van der Waals surface area contributed by atoms with Gasteiger partial charge in [0.05, 0.1) is 0 Å². The molecule has 1 saturated heterocycles. The van der Waals surface area contributed by atoms with Crippen molar-refractivity contribution in [2.75, 3.05) is 5.73 Å². The average molecular weight is 383 g/mol. The maximum Gasteiger partial charge on any atom is 0.352 e. The van der Waals surface area contributed by atoms with E-state index in [4.69, 9.17) is 10.9 Å². The van der Waals surface area contributed by atoms with Crippen molar-refractivity contribution < 1.29 is 24.7 Å². The Labute approximate surface area is 149 Å². The molecular weight excluding hydrogens is 370 g/mol. The molecule has 1 aromatic heterocycles. The van der Waals surface area contributed by atoms with Gasteiger partial charge in [0, 0.05) is 10.6 Å². The molecule has 5 N–H and O–H groups in total. The molecule has 2 amide bonds. The lowest BCUT2D eigenvalue weighted by Crippen LogP contribution is -2.71. The third-order valence-corrected chi connectivity index (χ3v) is 5.64. The number of carbonyl (C=O) groups is 3. The van der Waals surface area contributed by atoms with Crippen molar-refractivity contribution >= 4 is 51.7 Å². The summed E-state index contributed by atoms with van der Waals surface area (Å²) < 4.78 is 0. The van der Waals surface area contributed by atoms with E-state index < -0.39 is 29.2 Å². The second-order valence-corrected chi connectivity index (χ2v) is 7.66. The fourth-order valence-corrected chi connectivity index (χ4v) is 4.42. The topological polar surface area (TPSA) is 158 Å². The van der Waals surface area contributed by atoms with Gasteiger partial charge in [-0.25, -0.2) is 9.78 Å². The Morgan fingerprint density at radius 2 is 2.20 bits per heavy atom. The van der Waals surface area contributed by atoms with Crippen LogP contribution in [0, 0.1) is 0 Å². The molecule has 2 aliphatic heterocycles. The second kappa shape index (κ2) is 6.37. The summed E-state index contributed by atoms with van der Waals surface area (Å²) in [5.41, 5.74) is 5.10. The number of nitrogens with two attached hydrogens (primary N) is 1. The first kappa shape index (κ1) is 17.2. The largest absolute Gasteiger partial charge is 0.477 e. The molecule has 0 bridgehead atoms. The zero-order chi connectivity index (χ0) is 18.3. The van der Waals surface area contributed by atoms with Crippen molar-refractivity contribution in [1.29, 1.82) is 0 Å². The van der Waals surface area contributed by atoms with Gasteiger partial charge in [0.1, 0.15) is 22.8 Å². The van der Waals surface area contributed by atoms with E-state index in [-0.39, 0.29) is 27.5 Å². The number of rotatable bonds is 4. The number of carboxylic acids is 1. The van der Waals surface area contributed by atoms with Gasteiger partial charge in [-0.05, 0) is 13.0 Å². The van der Waals surface area contributed by atoms with E-state index in [2.05, 4.69) is 15.5 Å². The first-order valence-corrected chi connectivity index (χ1v) is 8.83. The number of carboxylic acid groups (broad SMARTS) is 1. The monoisotopic (exact) mass is 383 g/mol. The van der Waals surface area contributed by atoms with Crippen LogP contribution >= 0.6 is 23.1 Å². The number of nitrogen functional groups attached to an aromatic ring is 1. The molecule has 0 aliphatic carbocycles. The number of thioether (sulfide) groups is 1. The lowest BCUT2D eigenvalue weighted by Gasteiger charge is -2.49. The van der Waals surface area contributed by atoms with Gasteiger partial charge in [0.2, 0.25) is 0 Å². The number of fused-ring (bicyclic) bond motifs is 1. The fraction of sp³-hybridized carbons (Fsp3) is 0.308. The van der Waals surface area contributed by atoms with Gasteiger partial charge in [-0.3, -0.25) is 14.5 Å². The second-order valence-electron chi connectivity index (χ2n) is 5.27. The number of amides is 2. The highest BCUT2D eigenvalue weighted by atomic mass is 32.2. The summed E-state index contributed by atoms with van der Waals surface area (Å²) in [6.45, 7) is 1.80. The Kier molecular flexibility index (Phi) is 4.39. The predicted octanol–water partition coefficient (Wildman–Crippen LogP) is -0.339. The maximum atomic E-state index is 12.3. The number of anilines is 1. The summed E-state index contributed by atoms with van der Waals surface area (Å²) in [7, 11) is 0. The summed E-state index contributed by atoms with van der Waals surface area (Å²) in [6, 6.07) is -0.921. The van der Waals surface area contributed by atoms with Crippen LogP contribution in [0.1, 0.15) is 12.6 Å². The Hall–Kier alpha value is -2.60. The van der Waals surface area contributed by atoms with Gasteiger partial charge in [-0.2, -0.15) is 0 Å². The van der Waals surface area contributed by atoms with Crippen LogP contribution in [0.4, 0.5) is 5.13 Å². The van der Waals surface area contributed by atoms with Crippen LogP contribution in [-0.2, 0) is 14.4 Å². The number of hydrogen-bond acceptors (Lipinski definition) is 9. The van der Waals surface area contributed by atoms with Crippen molar-refractivity contribution in [3.63, 3.8) is 0 Å². The summed E-state index contributed by atoms with van der Waals surface area (Å²) in [4.78, 5) is 40.8. The number of oxime groups is 1. The molecule has 10 nitrogen and oxygen atoms in total. The molecule has 3 rings (SSSR count). The van der Waals surface area contributed by atoms with Crippen LogP contribution in [-0.4, -0.2) is 60.4 Å². The molecule has 132 valence electrons. The number of nitrogens with zero attached hydrogens (tertiary/aromatic N) is 3. The molecule has 12 heteroatoms. The number of nitrogens with one attached hydrogen (secondary N) is 1. The van der Waals surface area contributed by atoms with E-state index in [1.807, 2.05) is 0 Å². The molecule has 1 fully saturated rings. The highest BCUT2D eigenvalue weighted by Gasteiger charge is 2.54. The van der Waals surface area contributed by atoms with Gasteiger partial charge in [0.15, 0.2) is 10.8 Å². The quantitative estimate of drug-likeness (QED) is 0.238. The number of aromatic nitrogens is 1. The Morgan fingerprint density at radius 3 is 2.76 bits per heavy atom. The number of thiazole rings is 1. The molecule has 2 aliphatic rings. The molecule has 25 heavy (non-hydrogen) atoms. The van der Waals surface area contributed by atoms with E-state index in [1.165, 1.54) is 23.2 Å². The predicted molar refractivity (Wildman–Crippen MR) is 90.2 cm³/mol. The molecule has 0 radical (unpaired) electrons. The minimum absolute atomic E-state index is 0.0851. The van der Waals surface area contributed by atoms with E-state index in [0.717, 1.165) is 16.2 Å². The summed E-state index contributed by atoms with van der Waals surface area (Å²) >= 11 is 2.41. The highest BCUT2D eigenvalue weighted by Crippen LogP contribution is 2.40.